The van der Waals surface area contributed by atoms with Gasteiger partial charge in [0.25, 0.3) is 0 Å². The molecule has 1 heterocycles. The second-order valence-electron chi connectivity index (χ2n) is 7.90. The zero-order valence-electron chi connectivity index (χ0n) is 20.0. The van der Waals surface area contributed by atoms with E-state index in [4.69, 9.17) is 23.4 Å². The summed E-state index contributed by atoms with van der Waals surface area (Å²) < 4.78 is 27.4. The van der Waals surface area contributed by atoms with E-state index in [1.165, 1.54) is 31.2 Å². The van der Waals surface area contributed by atoms with E-state index in [-0.39, 0.29) is 50.5 Å². The fourth-order valence-corrected chi connectivity index (χ4v) is 3.79. The van der Waals surface area contributed by atoms with Crippen LogP contribution in [0.5, 0.6) is 34.5 Å². The Bertz CT molecular complexity index is 1590. The van der Waals surface area contributed by atoms with Crippen molar-refractivity contribution in [3.63, 3.8) is 0 Å². The van der Waals surface area contributed by atoms with Crippen LogP contribution >= 0.6 is 0 Å². The number of phenols is 2. The van der Waals surface area contributed by atoms with E-state index in [2.05, 4.69) is 0 Å². The lowest BCUT2D eigenvalue weighted by atomic mass is 9.99. The number of carbonyl (C=O) groups excluding carboxylic acids is 4. The van der Waals surface area contributed by atoms with Crippen LogP contribution in [0.3, 0.4) is 0 Å². The van der Waals surface area contributed by atoms with Gasteiger partial charge in [-0.25, -0.2) is 0 Å². The minimum absolute atomic E-state index is 0.0102. The van der Waals surface area contributed by atoms with Crippen molar-refractivity contribution in [2.24, 2.45) is 0 Å². The highest BCUT2D eigenvalue weighted by molar-refractivity contribution is 6.16. The van der Waals surface area contributed by atoms with Crippen LogP contribution in [0.2, 0.25) is 0 Å². The van der Waals surface area contributed by atoms with Crippen LogP contribution in [-0.4, -0.2) is 34.1 Å². The summed E-state index contributed by atoms with van der Waals surface area (Å²) in [4.78, 5) is 47.7. The number of benzene rings is 3. The minimum atomic E-state index is -0.785. The van der Waals surface area contributed by atoms with Gasteiger partial charge in [-0.05, 0) is 23.8 Å². The Morgan fingerprint density at radius 1 is 0.676 bits per heavy atom. The number of fused-ring (bicyclic) bond motifs is 3. The number of aromatic hydroxyl groups is 2. The van der Waals surface area contributed by atoms with Crippen molar-refractivity contribution in [1.82, 2.24) is 0 Å². The van der Waals surface area contributed by atoms with E-state index in [0.717, 1.165) is 32.9 Å². The van der Waals surface area contributed by atoms with Gasteiger partial charge in [0, 0.05) is 39.1 Å². The maximum Gasteiger partial charge on any atom is 0.308 e. The van der Waals surface area contributed by atoms with Crippen molar-refractivity contribution in [3.8, 4) is 45.6 Å². The lowest BCUT2D eigenvalue weighted by Crippen LogP contribution is -2.11. The molecule has 4 rings (SSSR count). The molecule has 0 aliphatic heterocycles. The van der Waals surface area contributed by atoms with Crippen molar-refractivity contribution < 1.29 is 52.8 Å². The summed E-state index contributed by atoms with van der Waals surface area (Å²) in [5, 5.41) is 20.3. The van der Waals surface area contributed by atoms with Crippen LogP contribution in [-0.2, 0) is 19.2 Å². The molecule has 0 saturated carbocycles. The Morgan fingerprint density at radius 2 is 1.19 bits per heavy atom. The van der Waals surface area contributed by atoms with E-state index < -0.39 is 35.4 Å². The molecule has 4 aromatic rings. The van der Waals surface area contributed by atoms with Gasteiger partial charge < -0.3 is 33.6 Å². The first-order valence-corrected chi connectivity index (χ1v) is 10.8. The second kappa shape index (κ2) is 9.53. The summed E-state index contributed by atoms with van der Waals surface area (Å²) in [6.07, 6.45) is 0. The van der Waals surface area contributed by atoms with Gasteiger partial charge in [0.1, 0.15) is 11.3 Å². The number of hydrogen-bond acceptors (Lipinski definition) is 11. The molecule has 0 aliphatic carbocycles. The Morgan fingerprint density at radius 3 is 1.76 bits per heavy atom. The number of phenolic OH excluding ortho intramolecular Hbond substituents is 2. The smallest absolute Gasteiger partial charge is 0.308 e. The first-order valence-electron chi connectivity index (χ1n) is 10.8. The number of esters is 4. The highest BCUT2D eigenvalue weighted by Gasteiger charge is 2.31. The molecule has 0 fully saturated rings. The molecular formula is C26H20O11. The highest BCUT2D eigenvalue weighted by Crippen LogP contribution is 2.55. The van der Waals surface area contributed by atoms with E-state index in [9.17, 15) is 29.4 Å². The fourth-order valence-electron chi connectivity index (χ4n) is 3.79. The van der Waals surface area contributed by atoms with Crippen LogP contribution in [0.4, 0.5) is 0 Å². The Kier molecular flexibility index (Phi) is 6.45. The zero-order chi connectivity index (χ0) is 27.0. The number of rotatable bonds is 5. The zero-order valence-corrected chi connectivity index (χ0v) is 20.0. The molecule has 3 aromatic carbocycles. The van der Waals surface area contributed by atoms with Gasteiger partial charge in [-0.15, -0.1) is 0 Å². The van der Waals surface area contributed by atoms with Gasteiger partial charge in [0.2, 0.25) is 0 Å². The van der Waals surface area contributed by atoms with Gasteiger partial charge in [-0.1, -0.05) is 12.1 Å². The lowest BCUT2D eigenvalue weighted by molar-refractivity contribution is -0.134. The van der Waals surface area contributed by atoms with Crippen LogP contribution in [0, 0.1) is 0 Å². The van der Waals surface area contributed by atoms with Gasteiger partial charge >= 0.3 is 23.9 Å². The normalized spacial score (nSPS) is 10.8. The highest BCUT2D eigenvalue weighted by atomic mass is 16.6. The fraction of sp³-hybridized carbons (Fsp3) is 0.154. The van der Waals surface area contributed by atoms with Crippen LogP contribution in [0.25, 0.3) is 33.1 Å². The van der Waals surface area contributed by atoms with Gasteiger partial charge in [0.05, 0.1) is 10.9 Å². The Labute approximate surface area is 208 Å². The molecule has 11 nitrogen and oxygen atoms in total. The molecule has 0 aliphatic rings. The molecule has 0 bridgehead atoms. The SMILES string of the molecule is CC(=O)Oc1ccc(-c2c(OC(C)=O)c(OC(C)=O)c3c(oc4cc(O)c(O)cc43)c2OC(C)=O)cc1. The first-order chi connectivity index (χ1) is 17.5. The van der Waals surface area contributed by atoms with Crippen molar-refractivity contribution in [1.29, 1.82) is 0 Å². The summed E-state index contributed by atoms with van der Waals surface area (Å²) in [6.45, 7) is 4.63. The molecule has 1 aromatic heterocycles. The molecule has 190 valence electrons. The molecule has 0 atom stereocenters. The Balaban J connectivity index is 2.19. The van der Waals surface area contributed by atoms with E-state index in [1.54, 1.807) is 0 Å². The average molecular weight is 508 g/mol. The van der Waals surface area contributed by atoms with Crippen LogP contribution in [0.15, 0.2) is 40.8 Å². The minimum Gasteiger partial charge on any atom is -0.504 e. The van der Waals surface area contributed by atoms with Crippen molar-refractivity contribution in [2.75, 3.05) is 0 Å². The van der Waals surface area contributed by atoms with Crippen molar-refractivity contribution in [2.45, 2.75) is 27.7 Å². The lowest BCUT2D eigenvalue weighted by Gasteiger charge is -2.18. The monoisotopic (exact) mass is 508 g/mol. The number of furan rings is 1. The number of hydrogen-bond donors (Lipinski definition) is 2. The molecular weight excluding hydrogens is 488 g/mol. The summed E-state index contributed by atoms with van der Waals surface area (Å²) in [5.41, 5.74) is 0.269. The summed E-state index contributed by atoms with van der Waals surface area (Å²) in [7, 11) is 0. The molecule has 37 heavy (non-hydrogen) atoms. The average Bonchev–Trinajstić information content (AvgIpc) is 3.14. The molecule has 0 amide bonds. The van der Waals surface area contributed by atoms with Gasteiger partial charge in [-0.3, -0.25) is 19.2 Å². The third kappa shape index (κ3) is 4.87. The van der Waals surface area contributed by atoms with Crippen molar-refractivity contribution >= 4 is 45.8 Å². The maximum absolute atomic E-state index is 12.2. The summed E-state index contributed by atoms with van der Waals surface area (Å²) in [5.74, 6) is -4.34. The topological polar surface area (TPSA) is 159 Å². The third-order valence-electron chi connectivity index (χ3n) is 5.02. The van der Waals surface area contributed by atoms with Crippen molar-refractivity contribution in [3.05, 3.63) is 36.4 Å². The quantitative estimate of drug-likeness (QED) is 0.224. The predicted molar refractivity (Wildman–Crippen MR) is 128 cm³/mol. The third-order valence-corrected chi connectivity index (χ3v) is 5.02. The van der Waals surface area contributed by atoms with E-state index in [1.807, 2.05) is 0 Å². The standard InChI is InChI=1S/C26H20O11/c1-11(27)33-16-7-5-15(6-8-16)21-23(34-12(2)28)25(36-14(4)30)22-17-9-18(31)19(32)10-20(17)37-26(22)24(21)35-13(3)29/h5-10,31-32H,1-4H3. The van der Waals surface area contributed by atoms with Crippen LogP contribution < -0.4 is 18.9 Å². The Hall–Kier alpha value is -5.06. The molecule has 2 N–H and O–H groups in total. The largest absolute Gasteiger partial charge is 0.504 e. The summed E-state index contributed by atoms with van der Waals surface area (Å²) >= 11 is 0. The molecule has 11 heteroatoms. The second-order valence-corrected chi connectivity index (χ2v) is 7.90. The molecule has 0 radical (unpaired) electrons. The van der Waals surface area contributed by atoms with Crippen LogP contribution in [0.1, 0.15) is 27.7 Å². The van der Waals surface area contributed by atoms with Gasteiger partial charge in [-0.2, -0.15) is 0 Å². The van der Waals surface area contributed by atoms with E-state index in [0.29, 0.717) is 5.56 Å². The molecule has 0 saturated heterocycles. The molecule has 0 spiro atoms. The molecule has 0 unspecified atom stereocenters. The predicted octanol–water partition coefficient (Wildman–Crippen LogP) is 4.37. The van der Waals surface area contributed by atoms with E-state index >= 15 is 0 Å². The first kappa shape index (κ1) is 25.0. The van der Waals surface area contributed by atoms with Gasteiger partial charge in [0.15, 0.2) is 34.3 Å². The number of carbonyl (C=O) groups is 4. The maximum atomic E-state index is 12.2. The summed E-state index contributed by atoms with van der Waals surface area (Å²) in [6, 6.07) is 8.19. The number of ether oxygens (including phenoxy) is 4.